The second kappa shape index (κ2) is 6.00. The van der Waals surface area contributed by atoms with Crippen LogP contribution in [0.15, 0.2) is 36.5 Å². The molecule has 0 saturated carbocycles. The number of nitro groups is 1. The molecule has 0 fully saturated rings. The van der Waals surface area contributed by atoms with Gasteiger partial charge in [-0.05, 0) is 25.1 Å². The largest absolute Gasteiger partial charge is 0.481 e. The summed E-state index contributed by atoms with van der Waals surface area (Å²) < 4.78 is 4.92. The lowest BCUT2D eigenvalue weighted by atomic mass is 10.1. The van der Waals surface area contributed by atoms with Crippen LogP contribution < -0.4 is 10.1 Å². The summed E-state index contributed by atoms with van der Waals surface area (Å²) in [4.78, 5) is 26.3. The Labute approximate surface area is 120 Å². The van der Waals surface area contributed by atoms with Crippen molar-refractivity contribution in [1.29, 1.82) is 0 Å². The quantitative estimate of drug-likeness (QED) is 0.688. The lowest BCUT2D eigenvalue weighted by Crippen LogP contribution is -2.12. The number of methoxy groups -OCH3 is 1. The number of hydrogen-bond donors (Lipinski definition) is 1. The van der Waals surface area contributed by atoms with Crippen LogP contribution in [0.3, 0.4) is 0 Å². The molecule has 2 aromatic rings. The highest BCUT2D eigenvalue weighted by Crippen LogP contribution is 2.19. The number of anilines is 1. The van der Waals surface area contributed by atoms with Gasteiger partial charge in [0.05, 0.1) is 23.9 Å². The topological polar surface area (TPSA) is 94.4 Å². The summed E-state index contributed by atoms with van der Waals surface area (Å²) in [6.07, 6.45) is 1.47. The number of benzene rings is 1. The summed E-state index contributed by atoms with van der Waals surface area (Å²) in [5.74, 6) is 0.0825. The molecular weight excluding hydrogens is 274 g/mol. The van der Waals surface area contributed by atoms with Gasteiger partial charge < -0.3 is 10.1 Å². The maximum absolute atomic E-state index is 12.1. The van der Waals surface area contributed by atoms with Gasteiger partial charge in [0.2, 0.25) is 5.88 Å². The number of nitro benzene ring substituents is 1. The van der Waals surface area contributed by atoms with E-state index in [1.54, 1.807) is 19.1 Å². The normalized spacial score (nSPS) is 10.0. The van der Waals surface area contributed by atoms with Crippen LogP contribution in [0.5, 0.6) is 5.88 Å². The molecule has 1 amide bonds. The number of hydrogen-bond acceptors (Lipinski definition) is 5. The van der Waals surface area contributed by atoms with E-state index in [0.717, 1.165) is 0 Å². The molecule has 0 atom stereocenters. The van der Waals surface area contributed by atoms with Gasteiger partial charge in [-0.1, -0.05) is 0 Å². The Bertz CT molecular complexity index is 683. The fourth-order valence-corrected chi connectivity index (χ4v) is 1.78. The van der Waals surface area contributed by atoms with E-state index in [1.165, 1.54) is 31.5 Å². The predicted molar refractivity (Wildman–Crippen MR) is 76.6 cm³/mol. The van der Waals surface area contributed by atoms with Crippen molar-refractivity contribution < 1.29 is 14.5 Å². The third-order valence-corrected chi connectivity index (χ3v) is 2.86. The molecule has 1 aromatic carbocycles. The molecule has 0 saturated heterocycles. The zero-order chi connectivity index (χ0) is 15.4. The molecule has 0 aliphatic rings. The van der Waals surface area contributed by atoms with Crippen molar-refractivity contribution in [3.8, 4) is 5.88 Å². The number of aromatic nitrogens is 1. The zero-order valence-corrected chi connectivity index (χ0v) is 11.5. The lowest BCUT2D eigenvalue weighted by molar-refractivity contribution is -0.385. The SMILES string of the molecule is COc1ccc(NC(=O)c2ccc([N+](=O)[O-])c(C)c2)cn1. The minimum absolute atomic E-state index is 0.0161. The fraction of sp³-hybridized carbons (Fsp3) is 0.143. The molecule has 108 valence electrons. The number of carbonyl (C=O) groups is 1. The van der Waals surface area contributed by atoms with Gasteiger partial charge in [0.25, 0.3) is 11.6 Å². The van der Waals surface area contributed by atoms with Crippen molar-refractivity contribution >= 4 is 17.3 Å². The van der Waals surface area contributed by atoms with E-state index in [9.17, 15) is 14.9 Å². The van der Waals surface area contributed by atoms with Crippen molar-refractivity contribution in [2.45, 2.75) is 6.92 Å². The number of carbonyl (C=O) groups excluding carboxylic acids is 1. The summed E-state index contributed by atoms with van der Waals surface area (Å²) in [6.45, 7) is 1.59. The van der Waals surface area contributed by atoms with Crippen LogP contribution >= 0.6 is 0 Å². The van der Waals surface area contributed by atoms with E-state index in [-0.39, 0.29) is 11.6 Å². The van der Waals surface area contributed by atoms with Crippen molar-refractivity contribution in [3.05, 3.63) is 57.8 Å². The number of ether oxygens (including phenoxy) is 1. The summed E-state index contributed by atoms with van der Waals surface area (Å²) in [5, 5.41) is 13.4. The summed E-state index contributed by atoms with van der Waals surface area (Å²) in [5.41, 5.74) is 1.27. The third kappa shape index (κ3) is 3.33. The lowest BCUT2D eigenvalue weighted by Gasteiger charge is -2.06. The molecule has 0 radical (unpaired) electrons. The van der Waals surface area contributed by atoms with Crippen LogP contribution in [0.1, 0.15) is 15.9 Å². The molecule has 0 aliphatic heterocycles. The van der Waals surface area contributed by atoms with E-state index in [0.29, 0.717) is 22.7 Å². The number of nitrogens with zero attached hydrogens (tertiary/aromatic N) is 2. The Morgan fingerprint density at radius 3 is 2.62 bits per heavy atom. The number of aryl methyl sites for hydroxylation is 1. The van der Waals surface area contributed by atoms with Gasteiger partial charge in [0, 0.05) is 23.3 Å². The monoisotopic (exact) mass is 287 g/mol. The maximum atomic E-state index is 12.1. The van der Waals surface area contributed by atoms with Gasteiger partial charge in [-0.15, -0.1) is 0 Å². The molecule has 0 spiro atoms. The van der Waals surface area contributed by atoms with Gasteiger partial charge in [0.1, 0.15) is 0 Å². The standard InChI is InChI=1S/C14H13N3O4/c1-9-7-10(3-5-12(9)17(19)20)14(18)16-11-4-6-13(21-2)15-8-11/h3-8H,1-2H3,(H,16,18). The van der Waals surface area contributed by atoms with E-state index in [4.69, 9.17) is 4.74 Å². The maximum Gasteiger partial charge on any atom is 0.272 e. The molecule has 1 heterocycles. The second-order valence-electron chi connectivity index (χ2n) is 4.30. The smallest absolute Gasteiger partial charge is 0.272 e. The molecule has 2 rings (SSSR count). The highest BCUT2D eigenvalue weighted by Gasteiger charge is 2.14. The molecular formula is C14H13N3O4. The first kappa shape index (κ1) is 14.4. The Kier molecular flexibility index (Phi) is 4.13. The average Bonchev–Trinajstić information content (AvgIpc) is 2.47. The van der Waals surface area contributed by atoms with E-state index in [2.05, 4.69) is 10.3 Å². The van der Waals surface area contributed by atoms with Crippen molar-refractivity contribution in [1.82, 2.24) is 4.98 Å². The predicted octanol–water partition coefficient (Wildman–Crippen LogP) is 2.56. The first-order valence-electron chi connectivity index (χ1n) is 6.07. The van der Waals surface area contributed by atoms with E-state index in [1.807, 2.05) is 0 Å². The van der Waals surface area contributed by atoms with Gasteiger partial charge in [-0.2, -0.15) is 0 Å². The highest BCUT2D eigenvalue weighted by molar-refractivity contribution is 6.04. The minimum Gasteiger partial charge on any atom is -0.481 e. The van der Waals surface area contributed by atoms with Crippen LogP contribution in [0, 0.1) is 17.0 Å². The average molecular weight is 287 g/mol. The van der Waals surface area contributed by atoms with Gasteiger partial charge in [-0.25, -0.2) is 4.98 Å². The molecule has 0 bridgehead atoms. The van der Waals surface area contributed by atoms with E-state index < -0.39 is 4.92 Å². The number of amides is 1. The van der Waals surface area contributed by atoms with Crippen LogP contribution in [-0.2, 0) is 0 Å². The Morgan fingerprint density at radius 2 is 2.10 bits per heavy atom. The Morgan fingerprint density at radius 1 is 1.33 bits per heavy atom. The van der Waals surface area contributed by atoms with Gasteiger partial charge in [-0.3, -0.25) is 14.9 Å². The van der Waals surface area contributed by atoms with Crippen LogP contribution in [0.4, 0.5) is 11.4 Å². The van der Waals surface area contributed by atoms with Crippen molar-refractivity contribution in [3.63, 3.8) is 0 Å². The molecule has 1 aromatic heterocycles. The van der Waals surface area contributed by atoms with Crippen LogP contribution in [-0.4, -0.2) is 22.9 Å². The highest BCUT2D eigenvalue weighted by atomic mass is 16.6. The third-order valence-electron chi connectivity index (χ3n) is 2.86. The molecule has 0 aliphatic carbocycles. The molecule has 1 N–H and O–H groups in total. The molecule has 7 heteroatoms. The minimum atomic E-state index is -0.482. The first-order valence-corrected chi connectivity index (χ1v) is 6.07. The van der Waals surface area contributed by atoms with Crippen LogP contribution in [0.2, 0.25) is 0 Å². The number of pyridine rings is 1. The van der Waals surface area contributed by atoms with E-state index >= 15 is 0 Å². The van der Waals surface area contributed by atoms with Crippen LogP contribution in [0.25, 0.3) is 0 Å². The Hall–Kier alpha value is -2.96. The fourth-order valence-electron chi connectivity index (χ4n) is 1.78. The summed E-state index contributed by atoms with van der Waals surface area (Å²) >= 11 is 0. The summed E-state index contributed by atoms with van der Waals surface area (Å²) in [7, 11) is 1.50. The first-order chi connectivity index (χ1) is 10.0. The summed E-state index contributed by atoms with van der Waals surface area (Å²) in [6, 6.07) is 7.48. The molecule has 7 nitrogen and oxygen atoms in total. The van der Waals surface area contributed by atoms with Crippen molar-refractivity contribution in [2.24, 2.45) is 0 Å². The van der Waals surface area contributed by atoms with Gasteiger partial charge in [0.15, 0.2) is 0 Å². The molecule has 0 unspecified atom stereocenters. The van der Waals surface area contributed by atoms with Crippen molar-refractivity contribution in [2.75, 3.05) is 12.4 Å². The number of nitrogens with one attached hydrogen (secondary N) is 1. The molecule has 21 heavy (non-hydrogen) atoms. The zero-order valence-electron chi connectivity index (χ0n) is 11.5. The number of rotatable bonds is 4. The second-order valence-corrected chi connectivity index (χ2v) is 4.30. The Balaban J connectivity index is 2.16. The van der Waals surface area contributed by atoms with Gasteiger partial charge >= 0.3 is 0 Å².